The van der Waals surface area contributed by atoms with E-state index in [1.807, 2.05) is 0 Å². The summed E-state index contributed by atoms with van der Waals surface area (Å²) < 4.78 is 5.15. The fourth-order valence-electron chi connectivity index (χ4n) is 2.76. The SMILES string of the molecule is COc1ccc2nc(C(=O)N3CCCC(C(N)=O)C3)[nH]c2c1. The number of H-pyrrole nitrogens is 1. The summed E-state index contributed by atoms with van der Waals surface area (Å²) in [5, 5.41) is 0. The number of nitrogens with two attached hydrogens (primary N) is 1. The van der Waals surface area contributed by atoms with E-state index in [1.54, 1.807) is 30.2 Å². The maximum atomic E-state index is 12.5. The van der Waals surface area contributed by atoms with Gasteiger partial charge in [-0.15, -0.1) is 0 Å². The highest BCUT2D eigenvalue weighted by molar-refractivity contribution is 5.94. The Morgan fingerprint density at radius 1 is 1.45 bits per heavy atom. The first kappa shape index (κ1) is 14.4. The molecule has 7 heteroatoms. The van der Waals surface area contributed by atoms with Crippen LogP contribution in [0.15, 0.2) is 18.2 Å². The van der Waals surface area contributed by atoms with Crippen LogP contribution in [-0.2, 0) is 4.79 Å². The van der Waals surface area contributed by atoms with Gasteiger partial charge in [0.05, 0.1) is 24.1 Å². The third kappa shape index (κ3) is 2.61. The summed E-state index contributed by atoms with van der Waals surface area (Å²) >= 11 is 0. The third-order valence-corrected chi connectivity index (χ3v) is 4.00. The number of carbonyl (C=O) groups excluding carboxylic acids is 2. The molecule has 22 heavy (non-hydrogen) atoms. The molecule has 0 spiro atoms. The molecule has 1 aliphatic heterocycles. The van der Waals surface area contributed by atoms with Crippen molar-refractivity contribution in [2.45, 2.75) is 12.8 Å². The number of likely N-dealkylation sites (tertiary alicyclic amines) is 1. The van der Waals surface area contributed by atoms with Crippen molar-refractivity contribution in [3.63, 3.8) is 0 Å². The van der Waals surface area contributed by atoms with Gasteiger partial charge < -0.3 is 20.4 Å². The molecule has 0 aliphatic carbocycles. The molecular weight excluding hydrogens is 284 g/mol. The van der Waals surface area contributed by atoms with Crippen LogP contribution >= 0.6 is 0 Å². The molecule has 2 aromatic rings. The molecule has 116 valence electrons. The smallest absolute Gasteiger partial charge is 0.289 e. The number of piperidine rings is 1. The first-order valence-corrected chi connectivity index (χ1v) is 7.21. The lowest BCUT2D eigenvalue weighted by Crippen LogP contribution is -2.44. The van der Waals surface area contributed by atoms with Crippen molar-refractivity contribution in [3.05, 3.63) is 24.0 Å². The summed E-state index contributed by atoms with van der Waals surface area (Å²) in [6.07, 6.45) is 1.50. The summed E-state index contributed by atoms with van der Waals surface area (Å²) in [7, 11) is 1.58. The van der Waals surface area contributed by atoms with Crippen molar-refractivity contribution in [2.75, 3.05) is 20.2 Å². The molecule has 1 aromatic heterocycles. The van der Waals surface area contributed by atoms with Gasteiger partial charge in [-0.05, 0) is 25.0 Å². The Kier molecular flexibility index (Phi) is 3.70. The molecular formula is C15H18N4O3. The normalized spacial score (nSPS) is 18.4. The standard InChI is InChI=1S/C15H18N4O3/c1-22-10-4-5-11-12(7-10)18-14(17-11)15(21)19-6-2-3-9(8-19)13(16)20/h4-5,7,9H,2-3,6,8H2,1H3,(H2,16,20)(H,17,18). The fourth-order valence-corrected chi connectivity index (χ4v) is 2.76. The van der Waals surface area contributed by atoms with Crippen LogP contribution in [0.4, 0.5) is 0 Å². The molecule has 1 unspecified atom stereocenters. The number of nitrogens with one attached hydrogen (secondary N) is 1. The Balaban J connectivity index is 1.83. The van der Waals surface area contributed by atoms with Gasteiger partial charge in [0.15, 0.2) is 5.82 Å². The maximum absolute atomic E-state index is 12.5. The van der Waals surface area contributed by atoms with Crippen molar-refractivity contribution in [1.82, 2.24) is 14.9 Å². The van der Waals surface area contributed by atoms with Crippen molar-refractivity contribution >= 4 is 22.8 Å². The number of hydrogen-bond acceptors (Lipinski definition) is 4. The minimum atomic E-state index is -0.355. The number of amides is 2. The van der Waals surface area contributed by atoms with E-state index >= 15 is 0 Å². The highest BCUT2D eigenvalue weighted by Gasteiger charge is 2.28. The van der Waals surface area contributed by atoms with Crippen molar-refractivity contribution in [1.29, 1.82) is 0 Å². The van der Waals surface area contributed by atoms with E-state index in [4.69, 9.17) is 10.5 Å². The Bertz CT molecular complexity index is 725. The molecule has 1 saturated heterocycles. The Hall–Kier alpha value is -2.57. The quantitative estimate of drug-likeness (QED) is 0.879. The molecule has 7 nitrogen and oxygen atoms in total. The van der Waals surface area contributed by atoms with Crippen LogP contribution in [0.25, 0.3) is 11.0 Å². The summed E-state index contributed by atoms with van der Waals surface area (Å²) in [5.74, 6) is 0.130. The van der Waals surface area contributed by atoms with E-state index in [9.17, 15) is 9.59 Å². The van der Waals surface area contributed by atoms with Gasteiger partial charge in [-0.1, -0.05) is 0 Å². The Morgan fingerprint density at radius 2 is 2.27 bits per heavy atom. The molecule has 3 rings (SSSR count). The zero-order valence-corrected chi connectivity index (χ0v) is 12.3. The third-order valence-electron chi connectivity index (χ3n) is 4.00. The van der Waals surface area contributed by atoms with Gasteiger partial charge in [0.2, 0.25) is 5.91 Å². The van der Waals surface area contributed by atoms with E-state index in [0.29, 0.717) is 24.4 Å². The summed E-state index contributed by atoms with van der Waals surface area (Å²) in [6.45, 7) is 0.970. The molecule has 2 heterocycles. The number of aromatic nitrogens is 2. The lowest BCUT2D eigenvalue weighted by Gasteiger charge is -2.30. The van der Waals surface area contributed by atoms with Crippen LogP contribution in [0, 0.1) is 5.92 Å². The second-order valence-electron chi connectivity index (χ2n) is 5.46. The number of hydrogen-bond donors (Lipinski definition) is 2. The number of fused-ring (bicyclic) bond motifs is 1. The number of ether oxygens (including phenoxy) is 1. The van der Waals surface area contributed by atoms with E-state index in [1.165, 1.54) is 0 Å². The average molecular weight is 302 g/mol. The van der Waals surface area contributed by atoms with Gasteiger partial charge in [0, 0.05) is 19.2 Å². The molecule has 1 atom stereocenters. The first-order chi connectivity index (χ1) is 10.6. The van der Waals surface area contributed by atoms with Crippen LogP contribution in [0.5, 0.6) is 5.75 Å². The van der Waals surface area contributed by atoms with Crippen LogP contribution in [0.1, 0.15) is 23.5 Å². The monoisotopic (exact) mass is 302 g/mol. The number of benzene rings is 1. The van der Waals surface area contributed by atoms with Crippen LogP contribution in [0.2, 0.25) is 0 Å². The minimum Gasteiger partial charge on any atom is -0.497 e. The lowest BCUT2D eigenvalue weighted by molar-refractivity contribution is -0.123. The second kappa shape index (κ2) is 5.67. The predicted molar refractivity (Wildman–Crippen MR) is 80.5 cm³/mol. The largest absolute Gasteiger partial charge is 0.497 e. The van der Waals surface area contributed by atoms with Crippen molar-refractivity contribution in [3.8, 4) is 5.75 Å². The zero-order chi connectivity index (χ0) is 15.7. The van der Waals surface area contributed by atoms with Crippen LogP contribution < -0.4 is 10.5 Å². The van der Waals surface area contributed by atoms with Gasteiger partial charge in [-0.25, -0.2) is 4.98 Å². The van der Waals surface area contributed by atoms with Crippen LogP contribution in [-0.4, -0.2) is 46.9 Å². The maximum Gasteiger partial charge on any atom is 0.289 e. The fraction of sp³-hybridized carbons (Fsp3) is 0.400. The van der Waals surface area contributed by atoms with Gasteiger partial charge in [-0.2, -0.15) is 0 Å². The molecule has 1 fully saturated rings. The Morgan fingerprint density at radius 3 is 3.00 bits per heavy atom. The van der Waals surface area contributed by atoms with Crippen molar-refractivity contribution < 1.29 is 14.3 Å². The van der Waals surface area contributed by atoms with Gasteiger partial charge in [0.1, 0.15) is 5.75 Å². The first-order valence-electron chi connectivity index (χ1n) is 7.21. The van der Waals surface area contributed by atoms with Gasteiger partial charge >= 0.3 is 0 Å². The number of nitrogens with zero attached hydrogens (tertiary/aromatic N) is 2. The summed E-state index contributed by atoms with van der Waals surface area (Å²) in [5.41, 5.74) is 6.79. The molecule has 0 radical (unpaired) electrons. The average Bonchev–Trinajstić information content (AvgIpc) is 2.97. The van der Waals surface area contributed by atoms with E-state index in [2.05, 4.69) is 9.97 Å². The molecule has 0 saturated carbocycles. The molecule has 0 bridgehead atoms. The molecule has 3 N–H and O–H groups in total. The molecule has 2 amide bonds. The van der Waals surface area contributed by atoms with E-state index < -0.39 is 0 Å². The number of carbonyl (C=O) groups is 2. The Labute approximate surface area is 127 Å². The van der Waals surface area contributed by atoms with E-state index in [-0.39, 0.29) is 23.6 Å². The lowest BCUT2D eigenvalue weighted by atomic mass is 9.97. The van der Waals surface area contributed by atoms with Gasteiger partial charge in [0.25, 0.3) is 5.91 Å². The summed E-state index contributed by atoms with van der Waals surface area (Å²) in [6, 6.07) is 5.38. The number of rotatable bonds is 3. The minimum absolute atomic E-state index is 0.207. The predicted octanol–water partition coefficient (Wildman–Crippen LogP) is 0.909. The molecule has 1 aliphatic rings. The number of methoxy groups -OCH3 is 1. The van der Waals surface area contributed by atoms with Crippen LogP contribution in [0.3, 0.4) is 0 Å². The number of primary amides is 1. The highest BCUT2D eigenvalue weighted by atomic mass is 16.5. The van der Waals surface area contributed by atoms with Gasteiger partial charge in [-0.3, -0.25) is 9.59 Å². The topological polar surface area (TPSA) is 101 Å². The zero-order valence-electron chi connectivity index (χ0n) is 12.3. The summed E-state index contributed by atoms with van der Waals surface area (Å²) in [4.78, 5) is 32.8. The van der Waals surface area contributed by atoms with E-state index in [0.717, 1.165) is 18.4 Å². The number of imidazole rings is 1. The van der Waals surface area contributed by atoms with Crippen molar-refractivity contribution in [2.24, 2.45) is 11.7 Å². The second-order valence-corrected chi connectivity index (χ2v) is 5.46. The highest BCUT2D eigenvalue weighted by Crippen LogP contribution is 2.21. The number of aromatic amines is 1. The molecule has 1 aromatic carbocycles.